The summed E-state index contributed by atoms with van der Waals surface area (Å²) in [5.74, 6) is -6.62. The molecule has 0 aromatic heterocycles. The molecule has 2 saturated heterocycles. The monoisotopic (exact) mass is 555 g/mol. The molecule has 5 rings (SSSR count). The number of carboxylic acid groups (broad SMARTS) is 1. The highest BCUT2D eigenvalue weighted by molar-refractivity contribution is 6.24. The molecule has 40 heavy (non-hydrogen) atoms. The number of nitro groups is 1. The normalized spacial score (nSPS) is 24.2. The summed E-state index contributed by atoms with van der Waals surface area (Å²) in [6.07, 6.45) is -5.23. The molecular weight excluding hydrogens is 535 g/mol. The third-order valence-corrected chi connectivity index (χ3v) is 7.11. The van der Waals surface area contributed by atoms with Gasteiger partial charge in [-0.25, -0.2) is 4.90 Å². The fourth-order valence-electron chi connectivity index (χ4n) is 5.55. The molecule has 2 amide bonds. The third-order valence-electron chi connectivity index (χ3n) is 7.11. The quantitative estimate of drug-likeness (QED) is 0.253. The van der Waals surface area contributed by atoms with Gasteiger partial charge in [-0.15, -0.1) is 13.2 Å². The van der Waals surface area contributed by atoms with Crippen molar-refractivity contribution < 1.29 is 42.3 Å². The van der Waals surface area contributed by atoms with E-state index in [2.05, 4.69) is 10.1 Å². The minimum atomic E-state index is -5.00. The van der Waals surface area contributed by atoms with Crippen LogP contribution in [0.4, 0.5) is 24.5 Å². The summed E-state index contributed by atoms with van der Waals surface area (Å²) >= 11 is 0. The van der Waals surface area contributed by atoms with Crippen molar-refractivity contribution in [2.45, 2.75) is 24.4 Å². The van der Waals surface area contributed by atoms with Gasteiger partial charge >= 0.3 is 12.3 Å². The van der Waals surface area contributed by atoms with E-state index in [0.29, 0.717) is 5.56 Å². The number of non-ortho nitro benzene ring substituents is 1. The first kappa shape index (κ1) is 26.8. The topological polar surface area (TPSA) is 139 Å². The van der Waals surface area contributed by atoms with E-state index in [9.17, 15) is 42.8 Å². The van der Waals surface area contributed by atoms with Crippen LogP contribution in [0, 0.1) is 22.0 Å². The Bertz CT molecular complexity index is 1510. The molecule has 0 spiro atoms. The fourth-order valence-corrected chi connectivity index (χ4v) is 5.55. The molecule has 0 aliphatic carbocycles. The van der Waals surface area contributed by atoms with E-state index >= 15 is 0 Å². The lowest BCUT2D eigenvalue weighted by Crippen LogP contribution is -2.57. The number of carbonyl (C=O) groups is 3. The van der Waals surface area contributed by atoms with Crippen molar-refractivity contribution >= 4 is 29.2 Å². The van der Waals surface area contributed by atoms with Gasteiger partial charge in [0, 0.05) is 24.6 Å². The van der Waals surface area contributed by atoms with Crippen LogP contribution in [-0.4, -0.2) is 39.7 Å². The lowest BCUT2D eigenvalue weighted by molar-refractivity contribution is -0.384. The van der Waals surface area contributed by atoms with Gasteiger partial charge in [-0.2, -0.15) is 0 Å². The van der Waals surface area contributed by atoms with Crippen LogP contribution in [0.5, 0.6) is 5.75 Å². The minimum absolute atomic E-state index is 0.0926. The summed E-state index contributed by atoms with van der Waals surface area (Å²) in [5.41, 5.74) is -1.93. The second-order valence-corrected chi connectivity index (χ2v) is 9.47. The lowest BCUT2D eigenvalue weighted by Gasteiger charge is -2.31. The summed E-state index contributed by atoms with van der Waals surface area (Å²) in [6, 6.07) is 16.6. The number of benzene rings is 3. The van der Waals surface area contributed by atoms with Crippen molar-refractivity contribution in [3.8, 4) is 5.75 Å². The summed E-state index contributed by atoms with van der Waals surface area (Å²) < 4.78 is 42.7. The number of nitrogens with one attached hydrogen (secondary N) is 1. The molecule has 2 N–H and O–H groups in total. The van der Waals surface area contributed by atoms with Gasteiger partial charge in [-0.1, -0.05) is 48.5 Å². The molecule has 10 nitrogen and oxygen atoms in total. The number of rotatable bonds is 7. The Morgan fingerprint density at radius 1 is 1.02 bits per heavy atom. The minimum Gasteiger partial charge on any atom is -0.480 e. The van der Waals surface area contributed by atoms with Crippen molar-refractivity contribution in [2.24, 2.45) is 11.8 Å². The number of fused-ring (bicyclic) bond motifs is 1. The molecule has 2 aliphatic rings. The third kappa shape index (κ3) is 4.64. The molecule has 206 valence electrons. The molecule has 0 radical (unpaired) electrons. The number of hydrogen-bond acceptors (Lipinski definition) is 7. The molecule has 2 aliphatic heterocycles. The number of aliphatic carboxylic acids is 1. The highest BCUT2D eigenvalue weighted by Gasteiger charge is 2.68. The van der Waals surface area contributed by atoms with E-state index < -0.39 is 63.9 Å². The lowest BCUT2D eigenvalue weighted by atomic mass is 9.76. The van der Waals surface area contributed by atoms with Gasteiger partial charge in [0.25, 0.3) is 5.69 Å². The maximum Gasteiger partial charge on any atom is 0.573 e. The molecule has 3 aromatic carbocycles. The highest BCUT2D eigenvalue weighted by atomic mass is 19.4. The van der Waals surface area contributed by atoms with Gasteiger partial charge in [-0.05, 0) is 29.3 Å². The van der Waals surface area contributed by atoms with Crippen molar-refractivity contribution in [2.75, 3.05) is 4.90 Å². The van der Waals surface area contributed by atoms with Crippen LogP contribution >= 0.6 is 0 Å². The van der Waals surface area contributed by atoms with Gasteiger partial charge in [0.15, 0.2) is 0 Å². The SMILES string of the molecule is O=C1C2C(c3cccc(OC(F)(F)F)c3)NC(Cc3ccccc3)(C(=O)O)C2C(=O)N1c1cccc([N+](=O)[O-])c1. The number of halogens is 3. The molecule has 0 saturated carbocycles. The second-order valence-electron chi connectivity index (χ2n) is 9.47. The Morgan fingerprint density at radius 2 is 1.73 bits per heavy atom. The maximum atomic E-state index is 13.9. The van der Waals surface area contributed by atoms with Crippen molar-refractivity contribution in [1.29, 1.82) is 0 Å². The average molecular weight is 555 g/mol. The number of nitro benzene ring substituents is 1. The first-order valence-electron chi connectivity index (χ1n) is 11.9. The standard InChI is InChI=1S/C27H20F3N3O7/c28-27(29,30)40-19-11-4-8-16(12-19)22-20-21(26(31-22,25(36)37)14-15-6-2-1-3-7-15)24(35)32(23(20)34)17-9-5-10-18(13-17)33(38)39/h1-13,20-22,31H,14H2,(H,36,37). The number of alkyl halides is 3. The Kier molecular flexibility index (Phi) is 6.54. The number of hydrogen-bond donors (Lipinski definition) is 2. The van der Waals surface area contributed by atoms with Crippen LogP contribution < -0.4 is 15.0 Å². The van der Waals surface area contributed by atoms with Gasteiger partial charge in [0.2, 0.25) is 11.8 Å². The van der Waals surface area contributed by atoms with Crippen LogP contribution in [0.2, 0.25) is 0 Å². The maximum absolute atomic E-state index is 13.9. The van der Waals surface area contributed by atoms with E-state index in [1.807, 2.05) is 0 Å². The smallest absolute Gasteiger partial charge is 0.480 e. The highest BCUT2D eigenvalue weighted by Crippen LogP contribution is 2.51. The molecule has 2 fully saturated rings. The van der Waals surface area contributed by atoms with Crippen LogP contribution in [0.15, 0.2) is 78.9 Å². The van der Waals surface area contributed by atoms with Gasteiger partial charge < -0.3 is 9.84 Å². The van der Waals surface area contributed by atoms with Crippen LogP contribution in [0.25, 0.3) is 0 Å². The zero-order valence-electron chi connectivity index (χ0n) is 20.4. The van der Waals surface area contributed by atoms with Crippen LogP contribution in [-0.2, 0) is 20.8 Å². The molecule has 13 heteroatoms. The summed E-state index contributed by atoms with van der Waals surface area (Å²) in [5, 5.41) is 24.8. The van der Waals surface area contributed by atoms with Gasteiger partial charge in [-0.3, -0.25) is 29.8 Å². The zero-order chi connectivity index (χ0) is 28.8. The number of imide groups is 1. The van der Waals surface area contributed by atoms with E-state index in [0.717, 1.165) is 23.1 Å². The van der Waals surface area contributed by atoms with Crippen molar-refractivity contribution in [3.05, 3.63) is 100 Å². The van der Waals surface area contributed by atoms with E-state index in [-0.39, 0.29) is 17.7 Å². The number of amides is 2. The Labute approximate surface area is 224 Å². The summed E-state index contributed by atoms with van der Waals surface area (Å²) in [6.45, 7) is 0. The number of carbonyl (C=O) groups excluding carboxylic acids is 2. The Hall–Kier alpha value is -4.78. The molecule has 4 atom stereocenters. The Balaban J connectivity index is 1.65. The van der Waals surface area contributed by atoms with E-state index in [4.69, 9.17) is 0 Å². The molecule has 2 heterocycles. The average Bonchev–Trinajstić information content (AvgIpc) is 3.37. The number of anilines is 1. The number of ether oxygens (including phenoxy) is 1. The number of carboxylic acids is 1. The summed E-state index contributed by atoms with van der Waals surface area (Å²) in [4.78, 5) is 52.0. The molecule has 3 aromatic rings. The van der Waals surface area contributed by atoms with E-state index in [1.165, 1.54) is 30.3 Å². The van der Waals surface area contributed by atoms with Gasteiger partial charge in [0.1, 0.15) is 11.3 Å². The fraction of sp³-hybridized carbons (Fsp3) is 0.222. The predicted octanol–water partition coefficient (Wildman–Crippen LogP) is 4.01. The largest absolute Gasteiger partial charge is 0.573 e. The van der Waals surface area contributed by atoms with Crippen LogP contribution in [0.3, 0.4) is 0 Å². The number of nitrogens with zero attached hydrogens (tertiary/aromatic N) is 2. The summed E-state index contributed by atoms with van der Waals surface area (Å²) in [7, 11) is 0. The predicted molar refractivity (Wildman–Crippen MR) is 132 cm³/mol. The second kappa shape index (κ2) is 9.75. The first-order chi connectivity index (χ1) is 18.9. The zero-order valence-corrected chi connectivity index (χ0v) is 20.4. The van der Waals surface area contributed by atoms with Gasteiger partial charge in [0.05, 0.1) is 22.4 Å². The van der Waals surface area contributed by atoms with Crippen LogP contribution in [0.1, 0.15) is 17.2 Å². The Morgan fingerprint density at radius 3 is 2.38 bits per heavy atom. The molecule has 4 unspecified atom stereocenters. The van der Waals surface area contributed by atoms with Crippen molar-refractivity contribution in [1.82, 2.24) is 5.32 Å². The molecule has 0 bridgehead atoms. The first-order valence-corrected chi connectivity index (χ1v) is 11.9. The molecular formula is C27H20F3N3O7. The van der Waals surface area contributed by atoms with Crippen molar-refractivity contribution in [3.63, 3.8) is 0 Å². The van der Waals surface area contributed by atoms with E-state index in [1.54, 1.807) is 30.3 Å².